The number of nitrogens with one attached hydrogen (secondary N) is 2. The van der Waals surface area contributed by atoms with E-state index in [0.29, 0.717) is 19.4 Å². The molecule has 1 fully saturated rings. The molecule has 106 valence electrons. The molecule has 2 amide bonds. The summed E-state index contributed by atoms with van der Waals surface area (Å²) in [5.74, 6) is -0.714. The molecule has 3 atom stereocenters. The molecule has 0 spiro atoms. The van der Waals surface area contributed by atoms with Gasteiger partial charge in [-0.2, -0.15) is 0 Å². The lowest BCUT2D eigenvalue weighted by Gasteiger charge is -2.21. The van der Waals surface area contributed by atoms with Crippen molar-refractivity contribution in [1.29, 1.82) is 0 Å². The van der Waals surface area contributed by atoms with Gasteiger partial charge >= 0.3 is 0 Å². The lowest BCUT2D eigenvalue weighted by Crippen LogP contribution is -2.49. The fourth-order valence-electron chi connectivity index (χ4n) is 1.89. The van der Waals surface area contributed by atoms with E-state index in [1.165, 1.54) is 0 Å². The average Bonchev–Trinajstić information content (AvgIpc) is 2.62. The fraction of sp³-hybridized carbons (Fsp3) is 0.818. The molecule has 0 radical (unpaired) electrons. The first kappa shape index (κ1) is 17.2. The summed E-state index contributed by atoms with van der Waals surface area (Å²) in [6, 6.07) is -0.748. The third-order valence-corrected chi connectivity index (χ3v) is 2.82. The minimum atomic E-state index is -1.26. The fourth-order valence-corrected chi connectivity index (χ4v) is 1.89. The van der Waals surface area contributed by atoms with Crippen LogP contribution in [0.2, 0.25) is 0 Å². The van der Waals surface area contributed by atoms with E-state index in [4.69, 9.17) is 5.73 Å². The molecule has 7 heteroatoms. The van der Waals surface area contributed by atoms with E-state index in [9.17, 15) is 14.7 Å². The van der Waals surface area contributed by atoms with Crippen molar-refractivity contribution in [3.05, 3.63) is 0 Å². The molecular formula is C11H22ClN3O3. The van der Waals surface area contributed by atoms with Crippen LogP contribution in [0.15, 0.2) is 0 Å². The van der Waals surface area contributed by atoms with Gasteiger partial charge in [-0.25, -0.2) is 0 Å². The maximum Gasteiger partial charge on any atom is 0.250 e. The van der Waals surface area contributed by atoms with Crippen LogP contribution in [-0.2, 0) is 9.59 Å². The summed E-state index contributed by atoms with van der Waals surface area (Å²) in [5, 5.41) is 15.0. The van der Waals surface area contributed by atoms with Gasteiger partial charge in [-0.1, -0.05) is 0 Å². The highest BCUT2D eigenvalue weighted by Crippen LogP contribution is 2.16. The lowest BCUT2D eigenvalue weighted by molar-refractivity contribution is -0.132. The second-order valence-corrected chi connectivity index (χ2v) is 4.78. The predicted octanol–water partition coefficient (Wildman–Crippen LogP) is -0.853. The van der Waals surface area contributed by atoms with Crippen LogP contribution in [0.25, 0.3) is 0 Å². The number of nitrogens with two attached hydrogens (primary N) is 1. The van der Waals surface area contributed by atoms with E-state index in [2.05, 4.69) is 10.6 Å². The number of amides is 2. The minimum Gasteiger partial charge on any atom is -0.382 e. The Labute approximate surface area is 113 Å². The molecule has 0 bridgehead atoms. The molecule has 1 aliphatic rings. The minimum absolute atomic E-state index is 0. The van der Waals surface area contributed by atoms with E-state index >= 15 is 0 Å². The number of rotatable bonds is 5. The van der Waals surface area contributed by atoms with Crippen LogP contribution < -0.4 is 16.4 Å². The highest BCUT2D eigenvalue weighted by molar-refractivity contribution is 5.85. The molecule has 0 aromatic heterocycles. The maximum atomic E-state index is 11.5. The van der Waals surface area contributed by atoms with Gasteiger partial charge in [0.1, 0.15) is 6.10 Å². The number of aliphatic hydroxyl groups excluding tert-OH is 1. The van der Waals surface area contributed by atoms with Crippen LogP contribution in [0.5, 0.6) is 0 Å². The summed E-state index contributed by atoms with van der Waals surface area (Å²) in [5.41, 5.74) is 5.75. The first-order valence-electron chi connectivity index (χ1n) is 5.93. The predicted molar refractivity (Wildman–Crippen MR) is 70.2 cm³/mol. The summed E-state index contributed by atoms with van der Waals surface area (Å²) in [6.07, 6.45) is -0.213. The molecule has 6 nitrogen and oxygen atoms in total. The standard InChI is InChI=1S/C11H21N3O3.ClH/c1-6(2)14-11(17)9(15)8(12)5-7-3-4-13-10(7)16;/h6-9,15H,3-5,12H2,1-2H3,(H,13,16)(H,14,17);1H/t7-,8?,9?;/m0./s1. The first-order valence-corrected chi connectivity index (χ1v) is 5.93. The van der Waals surface area contributed by atoms with Gasteiger partial charge in [0.2, 0.25) is 5.91 Å². The Balaban J connectivity index is 0.00000289. The van der Waals surface area contributed by atoms with Gasteiger partial charge < -0.3 is 21.5 Å². The van der Waals surface area contributed by atoms with Crippen LogP contribution in [-0.4, -0.2) is 41.7 Å². The van der Waals surface area contributed by atoms with E-state index in [1.54, 1.807) is 13.8 Å². The number of hydrogen-bond acceptors (Lipinski definition) is 4. The van der Waals surface area contributed by atoms with Gasteiger partial charge in [0.15, 0.2) is 0 Å². The van der Waals surface area contributed by atoms with E-state index < -0.39 is 18.1 Å². The molecule has 0 aromatic carbocycles. The van der Waals surface area contributed by atoms with Crippen LogP contribution in [0.1, 0.15) is 26.7 Å². The zero-order valence-corrected chi connectivity index (χ0v) is 11.5. The second-order valence-electron chi connectivity index (χ2n) is 4.78. The van der Waals surface area contributed by atoms with Gasteiger partial charge in [-0.15, -0.1) is 12.4 Å². The molecule has 2 unspecified atom stereocenters. The normalized spacial score (nSPS) is 22.1. The number of halogens is 1. The van der Waals surface area contributed by atoms with E-state index in [0.717, 1.165) is 0 Å². The number of carbonyl (C=O) groups is 2. The first-order chi connectivity index (χ1) is 7.91. The SMILES string of the molecule is CC(C)NC(=O)C(O)C(N)C[C@@H]1CCNC1=O.Cl. The van der Waals surface area contributed by atoms with Crippen molar-refractivity contribution >= 4 is 24.2 Å². The Morgan fingerprint density at radius 3 is 2.67 bits per heavy atom. The third-order valence-electron chi connectivity index (χ3n) is 2.82. The van der Waals surface area contributed by atoms with Gasteiger partial charge in [-0.3, -0.25) is 9.59 Å². The Hall–Kier alpha value is -0.850. The van der Waals surface area contributed by atoms with Crippen LogP contribution >= 0.6 is 12.4 Å². The van der Waals surface area contributed by atoms with Crippen molar-refractivity contribution in [1.82, 2.24) is 10.6 Å². The van der Waals surface area contributed by atoms with Crippen LogP contribution in [0.3, 0.4) is 0 Å². The summed E-state index contributed by atoms with van der Waals surface area (Å²) in [4.78, 5) is 22.8. The average molecular weight is 280 g/mol. The Kier molecular flexibility index (Phi) is 7.20. The summed E-state index contributed by atoms with van der Waals surface area (Å²) >= 11 is 0. The monoisotopic (exact) mass is 279 g/mol. The number of hydrogen-bond donors (Lipinski definition) is 4. The van der Waals surface area contributed by atoms with Crippen LogP contribution in [0.4, 0.5) is 0 Å². The summed E-state index contributed by atoms with van der Waals surface area (Å²) in [6.45, 7) is 4.26. The van der Waals surface area contributed by atoms with Crippen molar-refractivity contribution in [3.8, 4) is 0 Å². The molecular weight excluding hydrogens is 258 g/mol. The molecule has 5 N–H and O–H groups in total. The third kappa shape index (κ3) is 4.80. The summed E-state index contributed by atoms with van der Waals surface area (Å²) < 4.78 is 0. The van der Waals surface area contributed by atoms with E-state index in [1.807, 2.05) is 0 Å². The number of aliphatic hydroxyl groups is 1. The van der Waals surface area contributed by atoms with Crippen molar-refractivity contribution < 1.29 is 14.7 Å². The molecule has 0 aromatic rings. The molecule has 0 saturated carbocycles. The largest absolute Gasteiger partial charge is 0.382 e. The highest BCUT2D eigenvalue weighted by atomic mass is 35.5. The molecule has 1 heterocycles. The highest BCUT2D eigenvalue weighted by Gasteiger charge is 2.31. The molecule has 18 heavy (non-hydrogen) atoms. The lowest BCUT2D eigenvalue weighted by atomic mass is 9.95. The van der Waals surface area contributed by atoms with Gasteiger partial charge in [-0.05, 0) is 26.7 Å². The van der Waals surface area contributed by atoms with E-state index in [-0.39, 0.29) is 30.3 Å². The number of carbonyl (C=O) groups excluding carboxylic acids is 2. The van der Waals surface area contributed by atoms with Gasteiger partial charge in [0.25, 0.3) is 5.91 Å². The summed E-state index contributed by atoms with van der Waals surface area (Å²) in [7, 11) is 0. The Morgan fingerprint density at radius 2 is 2.22 bits per heavy atom. The van der Waals surface area contributed by atoms with Crippen molar-refractivity contribution in [2.24, 2.45) is 11.7 Å². The molecule has 1 rings (SSSR count). The van der Waals surface area contributed by atoms with Gasteiger partial charge in [0, 0.05) is 24.5 Å². The Bertz CT molecular complexity index is 299. The molecule has 0 aliphatic carbocycles. The van der Waals surface area contributed by atoms with Crippen molar-refractivity contribution in [2.75, 3.05) is 6.54 Å². The maximum absolute atomic E-state index is 11.5. The zero-order chi connectivity index (χ0) is 13.0. The molecule has 1 aliphatic heterocycles. The van der Waals surface area contributed by atoms with Crippen LogP contribution in [0, 0.1) is 5.92 Å². The quantitative estimate of drug-likeness (QED) is 0.526. The second kappa shape index (κ2) is 7.56. The smallest absolute Gasteiger partial charge is 0.250 e. The van der Waals surface area contributed by atoms with Crippen molar-refractivity contribution in [2.45, 2.75) is 44.9 Å². The van der Waals surface area contributed by atoms with Gasteiger partial charge in [0.05, 0.1) is 0 Å². The Morgan fingerprint density at radius 1 is 1.61 bits per heavy atom. The zero-order valence-electron chi connectivity index (χ0n) is 10.7. The molecule has 1 saturated heterocycles. The van der Waals surface area contributed by atoms with Crippen molar-refractivity contribution in [3.63, 3.8) is 0 Å². The topological polar surface area (TPSA) is 104 Å².